The first-order valence-electron chi connectivity index (χ1n) is 13.4. The van der Waals surface area contributed by atoms with Gasteiger partial charge in [-0.15, -0.1) is 0 Å². The Morgan fingerprint density at radius 1 is 0.767 bits per heavy atom. The number of carboxylic acid groups (broad SMARTS) is 3. The second kappa shape index (κ2) is 17.3. The van der Waals surface area contributed by atoms with Gasteiger partial charge in [0.25, 0.3) is 0 Å². The molecule has 3 aromatic rings. The fourth-order valence-corrected chi connectivity index (χ4v) is 4.22. The summed E-state index contributed by atoms with van der Waals surface area (Å²) in [5, 5.41) is 35.3. The van der Waals surface area contributed by atoms with Gasteiger partial charge in [0.1, 0.15) is 12.4 Å². The Bertz CT molecular complexity index is 1350. The van der Waals surface area contributed by atoms with Gasteiger partial charge in [-0.05, 0) is 77.8 Å². The molecule has 0 aliphatic carbocycles. The van der Waals surface area contributed by atoms with Crippen molar-refractivity contribution in [3.8, 4) is 5.75 Å². The summed E-state index contributed by atoms with van der Waals surface area (Å²) in [7, 11) is 0. The number of benzene rings is 3. The minimum atomic E-state index is -2.74. The molecular weight excluding hydrogens is 597 g/mol. The number of hydrogen-bond donors (Lipinski definition) is 4. The van der Waals surface area contributed by atoms with Crippen molar-refractivity contribution in [3.63, 3.8) is 0 Å². The molecule has 3 rings (SSSR count). The zero-order valence-corrected chi connectivity index (χ0v) is 25.4. The smallest absolute Gasteiger partial charge is 0.336 e. The summed E-state index contributed by atoms with van der Waals surface area (Å²) >= 11 is 12.1. The molecule has 0 heterocycles. The summed E-state index contributed by atoms with van der Waals surface area (Å²) in [6, 6.07) is 24.0. The number of nitrogens with zero attached hydrogens (tertiary/aromatic N) is 1. The molecule has 0 spiro atoms. The summed E-state index contributed by atoms with van der Waals surface area (Å²) in [5.41, 5.74) is 1.68. The lowest BCUT2D eigenvalue weighted by molar-refractivity contribution is -0.170. The Kier molecular flexibility index (Phi) is 14.2. The molecule has 0 fully saturated rings. The number of aliphatic hydroxyl groups is 1. The number of likely N-dealkylation sites (N-methyl/N-ethyl adjacent to an activating group) is 1. The van der Waals surface area contributed by atoms with E-state index in [0.717, 1.165) is 57.7 Å². The Morgan fingerprint density at radius 3 is 1.63 bits per heavy atom. The Balaban J connectivity index is 0.000000420. The van der Waals surface area contributed by atoms with E-state index in [9.17, 15) is 14.4 Å². The van der Waals surface area contributed by atoms with Crippen LogP contribution in [0.4, 0.5) is 0 Å². The van der Waals surface area contributed by atoms with Crippen LogP contribution in [0.3, 0.4) is 0 Å². The molecule has 0 aliphatic rings. The van der Waals surface area contributed by atoms with E-state index in [1.54, 1.807) is 0 Å². The van der Waals surface area contributed by atoms with Crippen LogP contribution in [0, 0.1) is 0 Å². The number of carbonyl (C=O) groups is 3. The molecule has 0 saturated carbocycles. The Morgan fingerprint density at radius 2 is 1.21 bits per heavy atom. The maximum atomic E-state index is 10.3. The van der Waals surface area contributed by atoms with Crippen molar-refractivity contribution in [1.82, 2.24) is 4.90 Å². The molecule has 230 valence electrons. The molecule has 0 amide bonds. The van der Waals surface area contributed by atoms with Crippen LogP contribution in [-0.2, 0) is 14.4 Å². The van der Waals surface area contributed by atoms with Crippen LogP contribution < -0.4 is 4.74 Å². The Labute approximate surface area is 260 Å². The highest BCUT2D eigenvalue weighted by molar-refractivity contribution is 6.31. The van der Waals surface area contributed by atoms with Gasteiger partial charge in [0.2, 0.25) is 0 Å². The highest BCUT2D eigenvalue weighted by atomic mass is 35.5. The molecule has 0 saturated heterocycles. The minimum Gasteiger partial charge on any atom is -0.492 e. The summed E-state index contributed by atoms with van der Waals surface area (Å²) in [6.07, 6.45) is -0.126. The maximum Gasteiger partial charge on any atom is 0.336 e. The molecule has 0 bridgehead atoms. The van der Waals surface area contributed by atoms with E-state index in [1.807, 2.05) is 60.7 Å². The van der Waals surface area contributed by atoms with Crippen LogP contribution in [0.25, 0.3) is 11.6 Å². The first-order chi connectivity index (χ1) is 20.4. The van der Waals surface area contributed by atoms with Crippen molar-refractivity contribution in [3.05, 3.63) is 99.5 Å². The molecule has 0 aliphatic heterocycles. The first kappa shape index (κ1) is 35.3. The van der Waals surface area contributed by atoms with Crippen LogP contribution in [0.2, 0.25) is 10.0 Å². The van der Waals surface area contributed by atoms with E-state index in [2.05, 4.69) is 37.0 Å². The lowest BCUT2D eigenvalue weighted by atomic mass is 9.95. The van der Waals surface area contributed by atoms with Crippen molar-refractivity contribution in [2.45, 2.75) is 32.3 Å². The zero-order chi connectivity index (χ0) is 32.0. The van der Waals surface area contributed by atoms with Gasteiger partial charge in [0.05, 0.1) is 12.8 Å². The third-order valence-corrected chi connectivity index (χ3v) is 6.86. The van der Waals surface area contributed by atoms with Crippen LogP contribution in [0.1, 0.15) is 43.4 Å². The van der Waals surface area contributed by atoms with E-state index >= 15 is 0 Å². The van der Waals surface area contributed by atoms with Crippen LogP contribution in [0.5, 0.6) is 5.75 Å². The Hall–Kier alpha value is -3.89. The molecule has 0 aromatic heterocycles. The van der Waals surface area contributed by atoms with Gasteiger partial charge >= 0.3 is 17.9 Å². The number of carboxylic acids is 3. The van der Waals surface area contributed by atoms with Crippen LogP contribution in [0.15, 0.2) is 72.8 Å². The molecule has 9 nitrogen and oxygen atoms in total. The highest BCUT2D eigenvalue weighted by Gasteiger charge is 2.40. The first-order valence-corrected chi connectivity index (χ1v) is 14.2. The number of halogens is 2. The molecule has 43 heavy (non-hydrogen) atoms. The molecule has 0 atom stereocenters. The normalized spacial score (nSPS) is 11.4. The van der Waals surface area contributed by atoms with Gasteiger partial charge in [0, 0.05) is 16.6 Å². The fraction of sp³-hybridized carbons (Fsp3) is 0.281. The maximum absolute atomic E-state index is 10.3. The topological polar surface area (TPSA) is 145 Å². The van der Waals surface area contributed by atoms with E-state index in [4.69, 9.17) is 48.4 Å². The summed E-state index contributed by atoms with van der Waals surface area (Å²) in [4.78, 5) is 32.8. The number of ether oxygens (including phenoxy) is 1. The average Bonchev–Trinajstić information content (AvgIpc) is 2.95. The molecule has 11 heteroatoms. The predicted octanol–water partition coefficient (Wildman–Crippen LogP) is 6.05. The number of rotatable bonds is 14. The number of hydrogen-bond acceptors (Lipinski definition) is 6. The average molecular weight is 633 g/mol. The zero-order valence-electron chi connectivity index (χ0n) is 23.9. The van der Waals surface area contributed by atoms with Crippen molar-refractivity contribution in [2.75, 3.05) is 26.2 Å². The third kappa shape index (κ3) is 12.1. The van der Waals surface area contributed by atoms with Gasteiger partial charge in [0.15, 0.2) is 5.60 Å². The molecule has 0 radical (unpaired) electrons. The van der Waals surface area contributed by atoms with Crippen LogP contribution in [-0.4, -0.2) is 75.1 Å². The van der Waals surface area contributed by atoms with Crippen LogP contribution >= 0.6 is 23.2 Å². The van der Waals surface area contributed by atoms with E-state index in [1.165, 1.54) is 0 Å². The third-order valence-electron chi connectivity index (χ3n) is 6.36. The monoisotopic (exact) mass is 631 g/mol. The lowest BCUT2D eigenvalue weighted by Gasteiger charge is -2.18. The van der Waals surface area contributed by atoms with Crippen molar-refractivity contribution >= 4 is 52.8 Å². The second-order valence-corrected chi connectivity index (χ2v) is 10.4. The lowest BCUT2D eigenvalue weighted by Crippen LogP contribution is -2.42. The van der Waals surface area contributed by atoms with Crippen molar-refractivity contribution < 1.29 is 39.5 Å². The van der Waals surface area contributed by atoms with Crippen molar-refractivity contribution in [2.24, 2.45) is 0 Å². The van der Waals surface area contributed by atoms with E-state index in [0.29, 0.717) is 6.61 Å². The summed E-state index contributed by atoms with van der Waals surface area (Å²) in [6.45, 7) is 8.04. The number of aliphatic carboxylic acids is 3. The molecule has 0 unspecified atom stereocenters. The van der Waals surface area contributed by atoms with Gasteiger partial charge < -0.3 is 30.1 Å². The van der Waals surface area contributed by atoms with E-state index < -0.39 is 36.4 Å². The molecule has 3 aromatic carbocycles. The quantitative estimate of drug-likeness (QED) is 0.156. The summed E-state index contributed by atoms with van der Waals surface area (Å²) < 4.78 is 5.93. The van der Waals surface area contributed by atoms with Gasteiger partial charge in [-0.3, -0.25) is 9.59 Å². The SMILES string of the molecule is CCN(CC)CCOc1ccc(C(=Cc2ccc(Cl)cc2)c2ccc(Cl)cc2)cc1.O=C(O)CC(O)(CC(=O)O)C(=O)O. The summed E-state index contributed by atoms with van der Waals surface area (Å²) in [5.74, 6) is -4.14. The molecule has 4 N–H and O–H groups in total. The van der Waals surface area contributed by atoms with Gasteiger partial charge in [-0.2, -0.15) is 0 Å². The van der Waals surface area contributed by atoms with Crippen molar-refractivity contribution in [1.29, 1.82) is 0 Å². The largest absolute Gasteiger partial charge is 0.492 e. The fourth-order valence-electron chi connectivity index (χ4n) is 3.97. The minimum absolute atomic E-state index is 0.686. The van der Waals surface area contributed by atoms with Gasteiger partial charge in [-0.1, -0.05) is 73.4 Å². The highest BCUT2D eigenvalue weighted by Crippen LogP contribution is 2.29. The molecular formula is C32H35Cl2NO8. The predicted molar refractivity (Wildman–Crippen MR) is 167 cm³/mol. The van der Waals surface area contributed by atoms with E-state index in [-0.39, 0.29) is 0 Å². The second-order valence-electron chi connectivity index (χ2n) is 9.49. The standard InChI is InChI=1S/C26H27Cl2NO.C6H8O7/c1-3-29(4-2)17-18-30-25-15-9-22(10-16-25)26(21-7-13-24(28)14-8-21)19-20-5-11-23(27)12-6-20;7-3(8)1-6(13,5(11)12)2-4(9)10/h5-16,19H,3-4,17-18H2,1-2H3;13H,1-2H2,(H,7,8)(H,9,10)(H,11,12). The van der Waals surface area contributed by atoms with Gasteiger partial charge in [-0.25, -0.2) is 4.79 Å².